The molecule has 4 heteroatoms. The molecule has 4 nitrogen and oxygen atoms in total. The van der Waals surface area contributed by atoms with E-state index in [1.807, 2.05) is 29.6 Å². The molecule has 0 saturated heterocycles. The van der Waals surface area contributed by atoms with E-state index in [9.17, 15) is 0 Å². The number of nitrogens with zero attached hydrogens (tertiary/aromatic N) is 3. The highest BCUT2D eigenvalue weighted by molar-refractivity contribution is 5.44. The van der Waals surface area contributed by atoms with Gasteiger partial charge in [0.25, 0.3) is 0 Å². The predicted octanol–water partition coefficient (Wildman–Crippen LogP) is 3.21. The van der Waals surface area contributed by atoms with Crippen LogP contribution in [0.15, 0.2) is 42.5 Å². The van der Waals surface area contributed by atoms with Crippen molar-refractivity contribution in [3.8, 4) is 0 Å². The van der Waals surface area contributed by atoms with Crippen molar-refractivity contribution in [2.24, 2.45) is 0 Å². The van der Waals surface area contributed by atoms with Crippen LogP contribution in [0.2, 0.25) is 0 Å². The lowest BCUT2D eigenvalue weighted by Gasteiger charge is -2.03. The van der Waals surface area contributed by atoms with Crippen molar-refractivity contribution >= 4 is 11.6 Å². The molecule has 0 saturated carbocycles. The van der Waals surface area contributed by atoms with Crippen molar-refractivity contribution in [1.82, 2.24) is 14.6 Å². The van der Waals surface area contributed by atoms with Gasteiger partial charge in [-0.15, -0.1) is 5.10 Å². The minimum atomic E-state index is 0.666. The molecule has 0 fully saturated rings. The maximum absolute atomic E-state index is 4.46. The summed E-state index contributed by atoms with van der Waals surface area (Å²) in [5, 5.41) is 7.73. The van der Waals surface area contributed by atoms with Gasteiger partial charge in [-0.25, -0.2) is 4.52 Å². The fourth-order valence-corrected chi connectivity index (χ4v) is 2.18. The number of aromatic nitrogens is 3. The third-order valence-electron chi connectivity index (χ3n) is 3.43. The second-order valence-corrected chi connectivity index (χ2v) is 4.90. The topological polar surface area (TPSA) is 42.2 Å². The molecule has 0 aliphatic rings. The Hall–Kier alpha value is -2.36. The summed E-state index contributed by atoms with van der Waals surface area (Å²) in [4.78, 5) is 4.46. The van der Waals surface area contributed by atoms with E-state index < -0.39 is 0 Å². The Kier molecular flexibility index (Phi) is 3.37. The van der Waals surface area contributed by atoms with E-state index in [-0.39, 0.29) is 0 Å². The van der Waals surface area contributed by atoms with E-state index in [1.54, 1.807) is 0 Å². The molecule has 102 valence electrons. The second-order valence-electron chi connectivity index (χ2n) is 4.90. The van der Waals surface area contributed by atoms with Gasteiger partial charge in [0.1, 0.15) is 0 Å². The number of fused-ring (bicyclic) bond motifs is 1. The van der Waals surface area contributed by atoms with Crippen molar-refractivity contribution in [1.29, 1.82) is 0 Å². The lowest BCUT2D eigenvalue weighted by Crippen LogP contribution is -2.01. The average Bonchev–Trinajstić information content (AvgIpc) is 2.90. The molecule has 0 aliphatic heterocycles. The molecule has 0 atom stereocenters. The maximum atomic E-state index is 4.46. The molecule has 2 aromatic heterocycles. The van der Waals surface area contributed by atoms with Gasteiger partial charge in [0.05, 0.1) is 0 Å². The number of hydrogen-bond donors (Lipinski definition) is 1. The van der Waals surface area contributed by atoms with Crippen molar-refractivity contribution in [2.75, 3.05) is 5.32 Å². The van der Waals surface area contributed by atoms with Gasteiger partial charge < -0.3 is 5.32 Å². The fraction of sp³-hybridized carbons (Fsp3) is 0.250. The first-order chi connectivity index (χ1) is 9.76. The summed E-state index contributed by atoms with van der Waals surface area (Å²) in [5.74, 6) is 0.666. The Morgan fingerprint density at radius 3 is 2.50 bits per heavy atom. The van der Waals surface area contributed by atoms with Gasteiger partial charge >= 0.3 is 0 Å². The molecule has 1 N–H and O–H groups in total. The van der Waals surface area contributed by atoms with Crippen LogP contribution in [-0.2, 0) is 13.0 Å². The first-order valence-corrected chi connectivity index (χ1v) is 6.90. The van der Waals surface area contributed by atoms with Crippen LogP contribution in [0.4, 0.5) is 5.95 Å². The third-order valence-corrected chi connectivity index (χ3v) is 3.43. The van der Waals surface area contributed by atoms with Crippen LogP contribution >= 0.6 is 0 Å². The van der Waals surface area contributed by atoms with Gasteiger partial charge in [-0.05, 0) is 36.6 Å². The van der Waals surface area contributed by atoms with E-state index in [1.165, 1.54) is 11.1 Å². The minimum Gasteiger partial charge on any atom is -0.349 e. The largest absolute Gasteiger partial charge is 0.349 e. The standard InChI is InChI=1S/C16H18N4/c1-3-13-7-9-14(10-8-13)11-17-16-18-15-6-4-5-12(2)20(15)19-16/h4-10H,3,11H2,1-2H3,(H,17,19). The second kappa shape index (κ2) is 5.33. The van der Waals surface area contributed by atoms with Gasteiger partial charge in [-0.3, -0.25) is 0 Å². The summed E-state index contributed by atoms with van der Waals surface area (Å²) in [6.07, 6.45) is 1.07. The van der Waals surface area contributed by atoms with E-state index in [0.717, 1.165) is 24.3 Å². The highest BCUT2D eigenvalue weighted by atomic mass is 15.3. The molecule has 0 bridgehead atoms. The summed E-state index contributed by atoms with van der Waals surface area (Å²) < 4.78 is 1.85. The average molecular weight is 266 g/mol. The monoisotopic (exact) mass is 266 g/mol. The Morgan fingerprint density at radius 2 is 1.80 bits per heavy atom. The number of hydrogen-bond acceptors (Lipinski definition) is 3. The highest BCUT2D eigenvalue weighted by Crippen LogP contribution is 2.10. The molecule has 0 spiro atoms. The molecule has 3 aromatic rings. The lowest BCUT2D eigenvalue weighted by atomic mass is 10.1. The van der Waals surface area contributed by atoms with E-state index in [2.05, 4.69) is 46.6 Å². The zero-order valence-corrected chi connectivity index (χ0v) is 11.8. The smallest absolute Gasteiger partial charge is 0.243 e. The molecule has 20 heavy (non-hydrogen) atoms. The summed E-state index contributed by atoms with van der Waals surface area (Å²) in [7, 11) is 0. The van der Waals surface area contributed by atoms with Crippen LogP contribution in [0.1, 0.15) is 23.7 Å². The molecule has 0 amide bonds. The number of nitrogens with one attached hydrogen (secondary N) is 1. The third kappa shape index (κ3) is 2.50. The Balaban J connectivity index is 1.74. The Labute approximate surface area is 118 Å². The summed E-state index contributed by atoms with van der Waals surface area (Å²) >= 11 is 0. The van der Waals surface area contributed by atoms with E-state index >= 15 is 0 Å². The van der Waals surface area contributed by atoms with Gasteiger partial charge in [-0.1, -0.05) is 37.3 Å². The molecule has 3 rings (SSSR count). The lowest BCUT2D eigenvalue weighted by molar-refractivity contribution is 0.909. The highest BCUT2D eigenvalue weighted by Gasteiger charge is 2.04. The SMILES string of the molecule is CCc1ccc(CNc2nc3cccc(C)n3n2)cc1. The zero-order chi connectivity index (χ0) is 13.9. The van der Waals surface area contributed by atoms with Crippen LogP contribution < -0.4 is 5.32 Å². The van der Waals surface area contributed by atoms with Crippen molar-refractivity contribution in [3.63, 3.8) is 0 Å². The van der Waals surface area contributed by atoms with E-state index in [0.29, 0.717) is 5.95 Å². The predicted molar refractivity (Wildman–Crippen MR) is 80.9 cm³/mol. The number of anilines is 1. The number of pyridine rings is 1. The van der Waals surface area contributed by atoms with Crippen LogP contribution in [0.25, 0.3) is 5.65 Å². The first-order valence-electron chi connectivity index (χ1n) is 6.90. The zero-order valence-electron chi connectivity index (χ0n) is 11.8. The summed E-state index contributed by atoms with van der Waals surface area (Å²) in [6.45, 7) is 4.92. The molecular formula is C16H18N4. The van der Waals surface area contributed by atoms with Crippen LogP contribution in [0.5, 0.6) is 0 Å². The summed E-state index contributed by atoms with van der Waals surface area (Å²) in [6, 6.07) is 14.6. The summed E-state index contributed by atoms with van der Waals surface area (Å²) in [5.41, 5.74) is 4.54. The number of rotatable bonds is 4. The fourth-order valence-electron chi connectivity index (χ4n) is 2.18. The van der Waals surface area contributed by atoms with Crippen molar-refractivity contribution in [3.05, 3.63) is 59.3 Å². The van der Waals surface area contributed by atoms with Crippen molar-refractivity contribution in [2.45, 2.75) is 26.8 Å². The molecular weight excluding hydrogens is 248 g/mol. The minimum absolute atomic E-state index is 0.666. The molecule has 1 aromatic carbocycles. The Morgan fingerprint density at radius 1 is 1.05 bits per heavy atom. The first kappa shape index (κ1) is 12.7. The Bertz CT molecular complexity index is 713. The molecule has 2 heterocycles. The van der Waals surface area contributed by atoms with Crippen LogP contribution in [0, 0.1) is 6.92 Å². The van der Waals surface area contributed by atoms with Gasteiger partial charge in [0.2, 0.25) is 5.95 Å². The van der Waals surface area contributed by atoms with Gasteiger partial charge in [0, 0.05) is 12.2 Å². The quantitative estimate of drug-likeness (QED) is 0.788. The normalized spacial score (nSPS) is 10.9. The van der Waals surface area contributed by atoms with Gasteiger partial charge in [-0.2, -0.15) is 4.98 Å². The van der Waals surface area contributed by atoms with Crippen molar-refractivity contribution < 1.29 is 0 Å². The number of aryl methyl sites for hydroxylation is 2. The van der Waals surface area contributed by atoms with E-state index in [4.69, 9.17) is 0 Å². The molecule has 0 aliphatic carbocycles. The maximum Gasteiger partial charge on any atom is 0.243 e. The van der Waals surface area contributed by atoms with Crippen LogP contribution in [-0.4, -0.2) is 14.6 Å². The van der Waals surface area contributed by atoms with Crippen LogP contribution in [0.3, 0.4) is 0 Å². The number of benzene rings is 1. The van der Waals surface area contributed by atoms with Gasteiger partial charge in [0.15, 0.2) is 5.65 Å². The molecule has 0 radical (unpaired) electrons. The molecule has 0 unspecified atom stereocenters.